The number of likely N-dealkylation sites (tertiary alicyclic amines) is 2. The smallest absolute Gasteiger partial charge is 0.335 e. The van der Waals surface area contributed by atoms with Gasteiger partial charge in [0.15, 0.2) is 11.5 Å². The monoisotopic (exact) mass is 783 g/mol. The summed E-state index contributed by atoms with van der Waals surface area (Å²) in [6.45, 7) is 3.40. The Morgan fingerprint density at radius 3 is 2.43 bits per heavy atom. The zero-order valence-corrected chi connectivity index (χ0v) is 31.7. The molecule has 0 radical (unpaired) electrons. The van der Waals surface area contributed by atoms with Crippen LogP contribution >= 0.6 is 0 Å². The van der Waals surface area contributed by atoms with Crippen LogP contribution in [0.4, 0.5) is 10.2 Å². The number of nitrogens with one attached hydrogen (secondary N) is 1. The number of alkyl halides is 1. The van der Waals surface area contributed by atoms with E-state index in [0.717, 1.165) is 37.1 Å². The first-order valence-electron chi connectivity index (χ1n) is 19.7. The minimum atomic E-state index is -1.30. The number of ether oxygens (including phenoxy) is 1. The summed E-state index contributed by atoms with van der Waals surface area (Å²) < 4.78 is 25.1. The lowest BCUT2D eigenvalue weighted by Crippen LogP contribution is -2.52. The van der Waals surface area contributed by atoms with Crippen molar-refractivity contribution in [3.05, 3.63) is 106 Å². The molecule has 0 spiro atoms. The van der Waals surface area contributed by atoms with Crippen LogP contribution in [0.15, 0.2) is 83.9 Å². The summed E-state index contributed by atoms with van der Waals surface area (Å²) in [6, 6.07) is 20.8. The number of aromatic nitrogens is 4. The van der Waals surface area contributed by atoms with Crippen LogP contribution in [0.25, 0.3) is 16.9 Å². The Morgan fingerprint density at radius 1 is 0.897 bits per heavy atom. The number of fused-ring (bicyclic) bond motifs is 2. The minimum absolute atomic E-state index is 0.136. The van der Waals surface area contributed by atoms with Gasteiger partial charge >= 0.3 is 5.69 Å². The first kappa shape index (κ1) is 37.2. The highest BCUT2D eigenvalue weighted by molar-refractivity contribution is 6.05. The zero-order valence-electron chi connectivity index (χ0n) is 31.7. The number of hydrogen-bond acceptors (Lipinski definition) is 10. The van der Waals surface area contributed by atoms with E-state index in [2.05, 4.69) is 36.9 Å². The number of imidazole rings is 1. The lowest BCUT2D eigenvalue weighted by Gasteiger charge is -2.42. The lowest BCUT2D eigenvalue weighted by molar-refractivity contribution is -0.136. The second-order valence-corrected chi connectivity index (χ2v) is 15.3. The molecule has 3 N–H and O–H groups in total. The molecule has 5 aromatic rings. The van der Waals surface area contributed by atoms with Crippen LogP contribution in [-0.4, -0.2) is 103 Å². The quantitative estimate of drug-likeness (QED) is 0.184. The van der Waals surface area contributed by atoms with Crippen molar-refractivity contribution in [3.8, 4) is 29.0 Å². The number of piperidine rings is 3. The standard InChI is InChI=1S/C43H42FN9O5/c44-34-25-50(29-16-20-49(21-17-29)19-4-5-27-8-13-33-28(23-27)24-51(42(33)56)36-14-15-37(54)48-41(36)55)22-18-35(34)53-40-38(39(45)46-26-47-40)52(43(53)57)30-9-11-32(12-10-30)58-31-6-2-1-3-7-31/h1-3,6-13,23,26,29,34-36H,14-22,24-25H2,(H2,45,46,47)(H,48,54,55)/t34-,35+,36?/m0/s1. The number of nitrogens with two attached hydrogens (primary N) is 1. The van der Waals surface area contributed by atoms with Gasteiger partial charge in [-0.1, -0.05) is 30.0 Å². The Kier molecular flexibility index (Phi) is 9.96. The second-order valence-electron chi connectivity index (χ2n) is 15.3. The fourth-order valence-electron chi connectivity index (χ4n) is 8.78. The molecule has 2 aromatic heterocycles. The first-order chi connectivity index (χ1) is 28.2. The van der Waals surface area contributed by atoms with E-state index in [-0.39, 0.29) is 36.6 Å². The Hall–Kier alpha value is -6.37. The Balaban J connectivity index is 0.813. The van der Waals surface area contributed by atoms with Crippen LogP contribution in [0, 0.1) is 11.8 Å². The van der Waals surface area contributed by atoms with Gasteiger partial charge in [0.1, 0.15) is 35.6 Å². The Labute approximate surface area is 333 Å². The number of carbonyl (C=O) groups is 3. The molecule has 6 heterocycles. The van der Waals surface area contributed by atoms with E-state index in [1.165, 1.54) is 20.4 Å². The molecule has 4 aliphatic heterocycles. The topological polar surface area (TPSA) is 161 Å². The van der Waals surface area contributed by atoms with E-state index in [1.807, 2.05) is 42.5 Å². The predicted octanol–water partition coefficient (Wildman–Crippen LogP) is 3.82. The predicted molar refractivity (Wildman–Crippen MR) is 213 cm³/mol. The van der Waals surface area contributed by atoms with E-state index in [0.29, 0.717) is 66.4 Å². The van der Waals surface area contributed by atoms with E-state index in [1.54, 1.807) is 30.3 Å². The fraction of sp³-hybridized carbons (Fsp3) is 0.349. The van der Waals surface area contributed by atoms with Crippen molar-refractivity contribution in [2.75, 3.05) is 38.5 Å². The molecule has 9 rings (SSSR count). The van der Waals surface area contributed by atoms with Crippen molar-refractivity contribution < 1.29 is 23.5 Å². The summed E-state index contributed by atoms with van der Waals surface area (Å²) >= 11 is 0. The van der Waals surface area contributed by atoms with Gasteiger partial charge in [0, 0.05) is 56.3 Å². The average molecular weight is 784 g/mol. The molecular formula is C43H42FN9O5. The highest BCUT2D eigenvalue weighted by Crippen LogP contribution is 2.33. The van der Waals surface area contributed by atoms with Gasteiger partial charge in [-0.05, 0) is 85.8 Å². The van der Waals surface area contributed by atoms with E-state index < -0.39 is 29.9 Å². The summed E-state index contributed by atoms with van der Waals surface area (Å²) in [6.07, 6.45) is 2.74. The van der Waals surface area contributed by atoms with Crippen molar-refractivity contribution in [1.29, 1.82) is 0 Å². The molecule has 4 aliphatic rings. The number of hydrogen-bond donors (Lipinski definition) is 2. The number of rotatable bonds is 7. The van der Waals surface area contributed by atoms with Crippen LogP contribution in [-0.2, 0) is 16.1 Å². The molecule has 0 aliphatic carbocycles. The normalized spacial score (nSPS) is 21.8. The SMILES string of the molecule is Nc1ncnc2c1n(-c1ccc(Oc3ccccc3)cc1)c(=O)n2[C@@H]1CCN(C2CCN(CC#Cc3ccc4c(c3)CN(C3CCC(=O)NC3=O)C4=O)CC2)C[C@@H]1F. The number of amides is 3. The van der Waals surface area contributed by atoms with E-state index >= 15 is 4.39 Å². The van der Waals surface area contributed by atoms with Gasteiger partial charge in [-0.3, -0.25) is 38.6 Å². The minimum Gasteiger partial charge on any atom is -0.457 e. The summed E-state index contributed by atoms with van der Waals surface area (Å²) in [5, 5.41) is 2.33. The molecule has 3 amide bonds. The number of para-hydroxylation sites is 1. The fourth-order valence-corrected chi connectivity index (χ4v) is 8.78. The number of carbonyl (C=O) groups excluding carboxylic acids is 3. The van der Waals surface area contributed by atoms with Crippen LogP contribution in [0.3, 0.4) is 0 Å². The molecule has 3 fully saturated rings. The van der Waals surface area contributed by atoms with Crippen LogP contribution in [0.1, 0.15) is 59.6 Å². The molecule has 296 valence electrons. The molecule has 0 saturated carbocycles. The van der Waals surface area contributed by atoms with Crippen molar-refractivity contribution in [3.63, 3.8) is 0 Å². The van der Waals surface area contributed by atoms with Crippen LogP contribution in [0.2, 0.25) is 0 Å². The third-order valence-corrected chi connectivity index (χ3v) is 11.8. The summed E-state index contributed by atoms with van der Waals surface area (Å²) in [5.74, 6) is 6.99. The third kappa shape index (κ3) is 7.09. The molecule has 1 unspecified atom stereocenters. The van der Waals surface area contributed by atoms with Gasteiger partial charge in [-0.25, -0.2) is 19.2 Å². The number of benzene rings is 3. The number of nitrogens with zero attached hydrogens (tertiary/aromatic N) is 7. The molecule has 3 atom stereocenters. The van der Waals surface area contributed by atoms with Gasteiger partial charge in [0.2, 0.25) is 11.8 Å². The zero-order chi connectivity index (χ0) is 39.9. The highest BCUT2D eigenvalue weighted by Gasteiger charge is 2.40. The number of halogens is 1. The molecule has 3 aromatic carbocycles. The van der Waals surface area contributed by atoms with Crippen LogP contribution < -0.4 is 21.5 Å². The number of nitrogen functional groups attached to an aromatic ring is 1. The van der Waals surface area contributed by atoms with Crippen molar-refractivity contribution >= 4 is 34.7 Å². The van der Waals surface area contributed by atoms with Gasteiger partial charge in [-0.15, -0.1) is 0 Å². The molecular weight excluding hydrogens is 742 g/mol. The third-order valence-electron chi connectivity index (χ3n) is 11.8. The summed E-state index contributed by atoms with van der Waals surface area (Å²) in [7, 11) is 0. The van der Waals surface area contributed by atoms with Crippen LogP contribution in [0.5, 0.6) is 11.5 Å². The first-order valence-corrected chi connectivity index (χ1v) is 19.7. The maximum atomic E-state index is 16.3. The molecule has 14 nitrogen and oxygen atoms in total. The maximum absolute atomic E-state index is 16.3. The second kappa shape index (κ2) is 15.5. The molecule has 15 heteroatoms. The number of imide groups is 1. The van der Waals surface area contributed by atoms with Gasteiger partial charge in [0.25, 0.3) is 5.91 Å². The number of anilines is 1. The van der Waals surface area contributed by atoms with Gasteiger partial charge in [0.05, 0.1) is 18.3 Å². The maximum Gasteiger partial charge on any atom is 0.335 e. The average Bonchev–Trinajstić information content (AvgIpc) is 3.71. The summed E-state index contributed by atoms with van der Waals surface area (Å²) in [4.78, 5) is 65.8. The van der Waals surface area contributed by atoms with E-state index in [4.69, 9.17) is 10.5 Å². The molecule has 3 saturated heterocycles. The summed E-state index contributed by atoms with van der Waals surface area (Å²) in [5.41, 5.74) is 9.28. The van der Waals surface area contributed by atoms with Crippen molar-refractivity contribution in [2.45, 2.75) is 62.9 Å². The largest absolute Gasteiger partial charge is 0.457 e. The van der Waals surface area contributed by atoms with Crippen molar-refractivity contribution in [1.82, 2.24) is 39.1 Å². The van der Waals surface area contributed by atoms with Gasteiger partial charge in [-0.2, -0.15) is 0 Å². The Bertz CT molecular complexity index is 2520. The molecule has 58 heavy (non-hydrogen) atoms. The molecule has 0 bridgehead atoms. The highest BCUT2D eigenvalue weighted by atomic mass is 19.1. The Morgan fingerprint density at radius 2 is 1.67 bits per heavy atom. The van der Waals surface area contributed by atoms with Gasteiger partial charge < -0.3 is 15.4 Å². The van der Waals surface area contributed by atoms with Crippen molar-refractivity contribution in [2.24, 2.45) is 0 Å². The lowest BCUT2D eigenvalue weighted by atomic mass is 9.96. The van der Waals surface area contributed by atoms with E-state index in [9.17, 15) is 19.2 Å².